The van der Waals surface area contributed by atoms with Crippen LogP contribution in [0.25, 0.3) is 11.5 Å². The van der Waals surface area contributed by atoms with Crippen molar-refractivity contribution in [3.05, 3.63) is 60.0 Å². The average Bonchev–Trinajstić information content (AvgIpc) is 3.20. The normalized spacial score (nSPS) is 18.8. The van der Waals surface area contributed by atoms with Crippen molar-refractivity contribution in [2.45, 2.75) is 25.1 Å². The van der Waals surface area contributed by atoms with E-state index in [9.17, 15) is 18.0 Å². The second-order valence-corrected chi connectivity index (χ2v) is 6.96. The summed E-state index contributed by atoms with van der Waals surface area (Å²) in [5, 5.41) is 7.98. The zero-order chi connectivity index (χ0) is 20.8. The molecule has 6 nitrogen and oxygen atoms in total. The average molecular weight is 403 g/mol. The number of anilines is 1. The Morgan fingerprint density at radius 1 is 1.10 bits per heavy atom. The molecular weight excluding hydrogens is 387 g/mol. The van der Waals surface area contributed by atoms with E-state index < -0.39 is 11.8 Å². The maximum Gasteiger partial charge on any atom is 0.573 e. The predicted octanol–water partition coefficient (Wildman–Crippen LogP) is 4.11. The Balaban J connectivity index is 1.57. The van der Waals surface area contributed by atoms with Crippen LogP contribution in [0.4, 0.5) is 18.9 Å². The van der Waals surface area contributed by atoms with E-state index in [-0.39, 0.29) is 29.9 Å². The third-order valence-electron chi connectivity index (χ3n) is 4.94. The molecule has 0 fully saturated rings. The summed E-state index contributed by atoms with van der Waals surface area (Å²) in [6.07, 6.45) is -4.55. The highest BCUT2D eigenvalue weighted by molar-refractivity contribution is 6.07. The molecule has 0 saturated carbocycles. The first kappa shape index (κ1) is 19.0. The smallest absolute Gasteiger partial charge is 0.421 e. The third kappa shape index (κ3) is 3.43. The lowest BCUT2D eigenvalue weighted by Gasteiger charge is -2.21. The van der Waals surface area contributed by atoms with Crippen LogP contribution in [0.1, 0.15) is 18.4 Å². The number of fused-ring (bicyclic) bond motifs is 1. The minimum absolute atomic E-state index is 0.0768. The lowest BCUT2D eigenvalue weighted by molar-refractivity contribution is -0.274. The maximum atomic E-state index is 12.8. The molecular formula is C20H16F3N3O3. The molecule has 0 unspecified atom stereocenters. The molecule has 150 valence electrons. The van der Waals surface area contributed by atoms with E-state index >= 15 is 0 Å². The molecule has 1 aliphatic rings. The zero-order valence-electron chi connectivity index (χ0n) is 15.5. The Labute approximate surface area is 163 Å². The van der Waals surface area contributed by atoms with Crippen LogP contribution in [0, 0.1) is 0 Å². The van der Waals surface area contributed by atoms with Crippen LogP contribution in [0.15, 0.2) is 52.9 Å². The molecule has 3 aromatic rings. The molecule has 29 heavy (non-hydrogen) atoms. The highest BCUT2D eigenvalue weighted by Gasteiger charge is 2.47. The van der Waals surface area contributed by atoms with Crippen LogP contribution in [0.5, 0.6) is 5.75 Å². The lowest BCUT2D eigenvalue weighted by atomic mass is 9.80. The lowest BCUT2D eigenvalue weighted by Crippen LogP contribution is -2.37. The Morgan fingerprint density at radius 2 is 1.79 bits per heavy atom. The van der Waals surface area contributed by atoms with Gasteiger partial charge in [-0.1, -0.05) is 18.2 Å². The molecule has 0 aliphatic carbocycles. The number of hydrogen-bond acceptors (Lipinski definition) is 5. The fourth-order valence-corrected chi connectivity index (χ4v) is 3.54. The van der Waals surface area contributed by atoms with Gasteiger partial charge < -0.3 is 14.1 Å². The van der Waals surface area contributed by atoms with Gasteiger partial charge in [0.15, 0.2) is 0 Å². The van der Waals surface area contributed by atoms with Crippen molar-refractivity contribution in [2.24, 2.45) is 0 Å². The van der Waals surface area contributed by atoms with E-state index in [0.29, 0.717) is 5.56 Å². The molecule has 0 saturated heterocycles. The fraction of sp³-hybridized carbons (Fsp3) is 0.250. The Kier molecular flexibility index (Phi) is 4.33. The predicted molar refractivity (Wildman–Crippen MR) is 97.3 cm³/mol. The van der Waals surface area contributed by atoms with Crippen molar-refractivity contribution >= 4 is 11.6 Å². The van der Waals surface area contributed by atoms with Gasteiger partial charge in [0, 0.05) is 24.7 Å². The molecule has 0 spiro atoms. The van der Waals surface area contributed by atoms with E-state index in [1.54, 1.807) is 11.9 Å². The van der Waals surface area contributed by atoms with Crippen molar-refractivity contribution in [1.82, 2.24) is 10.2 Å². The highest BCUT2D eigenvalue weighted by atomic mass is 19.4. The molecule has 1 atom stereocenters. The monoisotopic (exact) mass is 403 g/mol. The number of rotatable bonds is 4. The molecule has 2 heterocycles. The number of likely N-dealkylation sites (N-methyl/N-ethyl adjacent to an activating group) is 1. The molecule has 0 bridgehead atoms. The summed E-state index contributed by atoms with van der Waals surface area (Å²) in [5.74, 6) is -0.0115. The molecule has 1 aromatic heterocycles. The number of halogens is 3. The van der Waals surface area contributed by atoms with Gasteiger partial charge in [0.25, 0.3) is 0 Å². The van der Waals surface area contributed by atoms with Crippen LogP contribution in [-0.2, 0) is 16.6 Å². The molecule has 1 amide bonds. The molecule has 2 aromatic carbocycles. The van der Waals surface area contributed by atoms with E-state index in [0.717, 1.165) is 11.3 Å². The van der Waals surface area contributed by atoms with Gasteiger partial charge in [-0.25, -0.2) is 0 Å². The van der Waals surface area contributed by atoms with E-state index in [1.165, 1.54) is 24.3 Å². The minimum atomic E-state index is -4.76. The van der Waals surface area contributed by atoms with E-state index in [1.807, 2.05) is 31.2 Å². The number of hydrogen-bond donors (Lipinski definition) is 0. The third-order valence-corrected chi connectivity index (χ3v) is 4.94. The first-order valence-electron chi connectivity index (χ1n) is 8.74. The molecule has 9 heteroatoms. The number of carbonyl (C=O) groups excluding carboxylic acids is 1. The van der Waals surface area contributed by atoms with Crippen molar-refractivity contribution in [1.29, 1.82) is 0 Å². The van der Waals surface area contributed by atoms with Gasteiger partial charge in [-0.3, -0.25) is 4.79 Å². The first-order chi connectivity index (χ1) is 13.7. The SMILES string of the molecule is CN1C(=O)[C@](C)(Cc2nnc(-c3ccc(OC(F)(F)F)cc3)o2)c2ccccc21. The van der Waals surface area contributed by atoms with Gasteiger partial charge in [0.1, 0.15) is 5.75 Å². The largest absolute Gasteiger partial charge is 0.573 e. The number of carbonyl (C=O) groups is 1. The summed E-state index contributed by atoms with van der Waals surface area (Å²) in [5.41, 5.74) is 1.30. The Hall–Kier alpha value is -3.36. The van der Waals surface area contributed by atoms with Crippen LogP contribution >= 0.6 is 0 Å². The van der Waals surface area contributed by atoms with Crippen molar-refractivity contribution < 1.29 is 27.1 Å². The number of amides is 1. The fourth-order valence-electron chi connectivity index (χ4n) is 3.54. The molecule has 1 aliphatic heterocycles. The number of benzene rings is 2. The summed E-state index contributed by atoms with van der Waals surface area (Å²) in [6.45, 7) is 1.82. The number of ether oxygens (including phenoxy) is 1. The van der Waals surface area contributed by atoms with Gasteiger partial charge >= 0.3 is 6.36 Å². The zero-order valence-corrected chi connectivity index (χ0v) is 15.5. The number of aromatic nitrogens is 2. The first-order valence-corrected chi connectivity index (χ1v) is 8.74. The number of alkyl halides is 3. The van der Waals surface area contributed by atoms with E-state index in [2.05, 4.69) is 14.9 Å². The summed E-state index contributed by atoms with van der Waals surface area (Å²) in [7, 11) is 1.72. The van der Waals surface area contributed by atoms with E-state index in [4.69, 9.17) is 4.42 Å². The van der Waals surface area contributed by atoms with Gasteiger partial charge in [-0.2, -0.15) is 0 Å². The quantitative estimate of drug-likeness (QED) is 0.656. The van der Waals surface area contributed by atoms with Crippen LogP contribution in [0.2, 0.25) is 0 Å². The van der Waals surface area contributed by atoms with Gasteiger partial charge in [0.2, 0.25) is 17.7 Å². The summed E-state index contributed by atoms with van der Waals surface area (Å²) >= 11 is 0. The number of nitrogens with zero attached hydrogens (tertiary/aromatic N) is 3. The van der Waals surface area contributed by atoms with Crippen LogP contribution < -0.4 is 9.64 Å². The summed E-state index contributed by atoms with van der Waals surface area (Å²) in [4.78, 5) is 14.5. The van der Waals surface area contributed by atoms with Crippen molar-refractivity contribution in [3.63, 3.8) is 0 Å². The molecule has 0 radical (unpaired) electrons. The van der Waals surface area contributed by atoms with Crippen LogP contribution in [0.3, 0.4) is 0 Å². The second-order valence-electron chi connectivity index (χ2n) is 6.96. The van der Waals surface area contributed by atoms with Gasteiger partial charge in [0.05, 0.1) is 5.41 Å². The minimum Gasteiger partial charge on any atom is -0.421 e. The van der Waals surface area contributed by atoms with Crippen molar-refractivity contribution in [3.8, 4) is 17.2 Å². The maximum absolute atomic E-state index is 12.8. The van der Waals surface area contributed by atoms with Gasteiger partial charge in [-0.05, 0) is 42.8 Å². The second kappa shape index (κ2) is 6.61. The van der Waals surface area contributed by atoms with Gasteiger partial charge in [-0.15, -0.1) is 23.4 Å². The summed E-state index contributed by atoms with van der Waals surface area (Å²) in [6, 6.07) is 12.6. The van der Waals surface area contributed by atoms with Crippen LogP contribution in [-0.4, -0.2) is 29.5 Å². The molecule has 4 rings (SSSR count). The highest BCUT2D eigenvalue weighted by Crippen LogP contribution is 2.42. The Morgan fingerprint density at radius 3 is 2.48 bits per heavy atom. The molecule has 0 N–H and O–H groups in total. The number of para-hydroxylation sites is 1. The summed E-state index contributed by atoms with van der Waals surface area (Å²) < 4.78 is 46.3. The van der Waals surface area contributed by atoms with Crippen molar-refractivity contribution in [2.75, 3.05) is 11.9 Å². The topological polar surface area (TPSA) is 68.5 Å². The Bertz CT molecular complexity index is 1060. The standard InChI is InChI=1S/C20H16F3N3O3/c1-19(14-5-3-4-6-15(14)26(2)18(19)27)11-16-24-25-17(28-16)12-7-9-13(10-8-12)29-20(21,22)23/h3-10H,11H2,1-2H3/t19-/m1/s1.